The van der Waals surface area contributed by atoms with Crippen LogP contribution in [0.2, 0.25) is 0 Å². The largest absolute Gasteiger partial charge is 0.388 e. The quantitative estimate of drug-likeness (QED) is 0.0487. The van der Waals surface area contributed by atoms with E-state index in [1.165, 1.54) is 26.3 Å². The molecule has 3 saturated heterocycles. The molecule has 0 aromatic carbocycles. The van der Waals surface area contributed by atoms with Gasteiger partial charge in [-0.15, -0.1) is 39.6 Å². The highest BCUT2D eigenvalue weighted by Gasteiger charge is 2.47. The molecule has 0 aliphatic carbocycles. The van der Waals surface area contributed by atoms with Crippen molar-refractivity contribution in [1.29, 1.82) is 0 Å². The minimum Gasteiger partial charge on any atom is -0.388 e. The Kier molecular flexibility index (Phi) is 24.4. The highest BCUT2D eigenvalue weighted by Crippen LogP contribution is 2.42. The van der Waals surface area contributed by atoms with Gasteiger partial charge in [0.25, 0.3) is 17.0 Å². The zero-order valence-corrected chi connectivity index (χ0v) is 49.2. The number of nitrogens with one attached hydrogen (secondary N) is 5. The van der Waals surface area contributed by atoms with Gasteiger partial charge in [-0.1, -0.05) is 33.1 Å². The lowest BCUT2D eigenvalue weighted by Crippen LogP contribution is -2.47. The highest BCUT2D eigenvalue weighted by atomic mass is 32.1. The molecule has 1 amide bonds. The van der Waals surface area contributed by atoms with E-state index in [1.54, 1.807) is 12.4 Å². The Labute approximate surface area is 452 Å². The highest BCUT2D eigenvalue weighted by molar-refractivity contribution is 7.73. The molecule has 6 heterocycles. The second-order valence-corrected chi connectivity index (χ2v) is 35.3. The van der Waals surface area contributed by atoms with Crippen LogP contribution in [-0.4, -0.2) is 212 Å². The Morgan fingerprint density at radius 3 is 1.31 bits per heavy atom. The van der Waals surface area contributed by atoms with Crippen molar-refractivity contribution in [3.05, 3.63) is 90.6 Å². The molecular weight excluding hydrogens is 1060 g/mol. The summed E-state index contributed by atoms with van der Waals surface area (Å²) in [6.07, 6.45) is 14.8. The van der Waals surface area contributed by atoms with Gasteiger partial charge in [0.15, 0.2) is 28.2 Å². The van der Waals surface area contributed by atoms with Gasteiger partial charge in [0.1, 0.15) is 42.4 Å². The van der Waals surface area contributed by atoms with Gasteiger partial charge in [-0.3, -0.25) is 33.5 Å². The molecule has 4 aliphatic rings. The monoisotopic (exact) mass is 1150 g/mol. The van der Waals surface area contributed by atoms with Crippen molar-refractivity contribution in [2.24, 2.45) is 0 Å². The average molecular weight is 1150 g/mol. The fraction of sp³-hybridized carbons (Fsp3) is 0.640. The maximum Gasteiger partial charge on any atom is 0.258 e. The third kappa shape index (κ3) is 18.6. The number of aromatic nitrogens is 4. The Hall–Kier alpha value is -2.85. The van der Waals surface area contributed by atoms with E-state index in [9.17, 15) is 45.0 Å². The summed E-state index contributed by atoms with van der Waals surface area (Å²) in [5.74, 6) is -0.0167. The van der Waals surface area contributed by atoms with E-state index in [4.69, 9.17) is 38.6 Å². The van der Waals surface area contributed by atoms with Crippen LogP contribution in [0, 0.1) is 9.54 Å². The van der Waals surface area contributed by atoms with Crippen LogP contribution >= 0.6 is 45.1 Å². The van der Waals surface area contributed by atoms with Gasteiger partial charge in [0, 0.05) is 42.8 Å². The van der Waals surface area contributed by atoms with Crippen molar-refractivity contribution in [3.8, 4) is 0 Å². The number of aromatic amines is 2. The lowest BCUT2D eigenvalue weighted by atomic mass is 10.1. The number of H-pyrrole nitrogens is 2. The third-order valence-corrected chi connectivity index (χ3v) is 17.8. The first-order valence-corrected chi connectivity index (χ1v) is 35.2. The second-order valence-electron chi connectivity index (χ2n) is 21.6. The molecule has 75 heavy (non-hydrogen) atoms. The predicted molar refractivity (Wildman–Crippen MR) is 312 cm³/mol. The van der Waals surface area contributed by atoms with E-state index in [0.717, 1.165) is 44.4 Å². The third-order valence-electron chi connectivity index (χ3n) is 12.8. The van der Waals surface area contributed by atoms with Crippen LogP contribution in [0.3, 0.4) is 0 Å². The number of hydrogen-bond acceptors (Lipinski definition) is 17. The predicted octanol–water partition coefficient (Wildman–Crippen LogP) is 2.75. The summed E-state index contributed by atoms with van der Waals surface area (Å²) in [5.41, 5.74) is 0.832. The lowest BCUT2D eigenvalue weighted by Gasteiger charge is -2.34. The van der Waals surface area contributed by atoms with Crippen LogP contribution in [0.4, 0.5) is 0 Å². The summed E-state index contributed by atoms with van der Waals surface area (Å²) in [7, 11) is 0. The summed E-state index contributed by atoms with van der Waals surface area (Å²) in [6, 6.07) is 0. The summed E-state index contributed by atoms with van der Waals surface area (Å²) in [5, 5.41) is 71.1. The van der Waals surface area contributed by atoms with Gasteiger partial charge in [0.2, 0.25) is 0 Å². The molecule has 0 saturated carbocycles. The number of hydrogen-bond donors (Lipinski definition) is 11. The van der Waals surface area contributed by atoms with Gasteiger partial charge in [-0.2, -0.15) is 0 Å². The first-order valence-electron chi connectivity index (χ1n) is 25.2. The Morgan fingerprint density at radius 2 is 0.973 bits per heavy atom. The van der Waals surface area contributed by atoms with Gasteiger partial charge in [-0.25, -0.2) is 0 Å². The Morgan fingerprint density at radius 1 is 0.627 bits per heavy atom. The van der Waals surface area contributed by atoms with Crippen LogP contribution in [0.1, 0.15) is 69.5 Å². The molecule has 25 heteroatoms. The van der Waals surface area contributed by atoms with E-state index in [0.29, 0.717) is 54.9 Å². The van der Waals surface area contributed by atoms with E-state index in [1.807, 2.05) is 13.8 Å². The zero-order valence-electron chi connectivity index (χ0n) is 44.9. The van der Waals surface area contributed by atoms with Crippen LogP contribution < -0.4 is 27.1 Å². The number of rotatable bonds is 21. The molecule has 12 atom stereocenters. The van der Waals surface area contributed by atoms with Gasteiger partial charge >= 0.3 is 0 Å². The number of nitrogens with zero attached hydrogens (tertiary/aromatic N) is 3. The van der Waals surface area contributed by atoms with Crippen LogP contribution in [0.5, 0.6) is 0 Å². The molecule has 6 rings (SSSR count). The maximum atomic E-state index is 12.1. The van der Waals surface area contributed by atoms with E-state index >= 15 is 0 Å². The maximum absolute atomic E-state index is 12.1. The van der Waals surface area contributed by atoms with E-state index in [-0.39, 0.29) is 26.6 Å². The number of aliphatic hydroxyl groups excluding tert-OH is 6. The van der Waals surface area contributed by atoms with E-state index < -0.39 is 94.3 Å². The average Bonchev–Trinajstić information content (AvgIpc) is 3.88. The standard InChI is InChI=1S/2C17H30N3O4PS.C16H25N2O4P/c2*1-5-7-18-9-11-10-20(17(26)19-15(11)23)16-14(22)13(21)12(24-16)6-8-25(2,3)4;1-6-11-9-18(10(2)17-15(11)21)16-14(20)13(19)12(22-16)7-8-23(3,4)5/h2*10,12-14,16,18,21-22H,2,5-9H2,1,3-4H3,(H,19,23,26);6,9,12-14,16,19-20H,1-3,7-8H2,4-5H3,(H,17,21)/t3*12-,13-,14-,16-/m111/s1. The minimum atomic E-state index is -1.25. The molecule has 3 fully saturated rings. The zero-order chi connectivity index (χ0) is 56.3. The molecule has 2 aromatic heterocycles. The Bertz CT molecular complexity index is 2580. The van der Waals surface area contributed by atoms with Crippen molar-refractivity contribution in [3.63, 3.8) is 0 Å². The summed E-state index contributed by atoms with van der Waals surface area (Å²) in [4.78, 5) is 42.7. The van der Waals surface area contributed by atoms with Gasteiger partial charge < -0.3 is 65.7 Å². The van der Waals surface area contributed by atoms with Crippen molar-refractivity contribution in [1.82, 2.24) is 40.0 Å². The van der Waals surface area contributed by atoms with Crippen LogP contribution in [-0.2, 0) is 32.1 Å². The first-order chi connectivity index (χ1) is 34.9. The summed E-state index contributed by atoms with van der Waals surface area (Å²) < 4.78 is 21.0. The van der Waals surface area contributed by atoms with Crippen LogP contribution in [0.15, 0.2) is 58.8 Å². The van der Waals surface area contributed by atoms with E-state index in [2.05, 4.69) is 98.0 Å². The molecule has 4 aliphatic heterocycles. The number of carbonyl (C=O) groups is 1. The Balaban J connectivity index is 0.000000244. The van der Waals surface area contributed by atoms with Crippen LogP contribution in [0.25, 0.3) is 0 Å². The summed E-state index contributed by atoms with van der Waals surface area (Å²) >= 11 is 10.5. The van der Waals surface area contributed by atoms with Crippen molar-refractivity contribution in [2.75, 3.05) is 71.6 Å². The molecular formula is C50H85N8O12P3S2. The summed E-state index contributed by atoms with van der Waals surface area (Å²) in [6.45, 7) is 22.8. The fourth-order valence-corrected chi connectivity index (χ4v) is 11.8. The van der Waals surface area contributed by atoms with Gasteiger partial charge in [-0.05, 0) is 128 Å². The second kappa shape index (κ2) is 28.3. The molecule has 424 valence electrons. The topological polar surface area (TPSA) is 281 Å². The molecule has 0 unspecified atom stereocenters. The van der Waals surface area contributed by atoms with Crippen molar-refractivity contribution < 1.29 is 49.6 Å². The SMILES string of the molecule is C=CC1=CN([C@@H]2O[C@H](CCP(=C)(C)C)[C@@H](O)[C@H]2O)C(=C)NC1=O.C=P(C)(C)CC[C@H]1O[C@@H](n2cc(CNCCC)c(=O)[nH]c2=S)[C@H](O)[C@@H]1O.C=P(C)(C)CC[C@H]1O[C@@H](n2cc(CNCCC)c(=O)[nH]c2=S)[C@H](O)[C@@H]1O. The smallest absolute Gasteiger partial charge is 0.258 e. The van der Waals surface area contributed by atoms with Gasteiger partial charge in [0.05, 0.1) is 23.9 Å². The molecule has 0 spiro atoms. The number of aliphatic hydroxyl groups is 6. The van der Waals surface area contributed by atoms with Crippen molar-refractivity contribution >= 4 is 69.9 Å². The lowest BCUT2D eigenvalue weighted by molar-refractivity contribution is -0.119. The number of carbonyl (C=O) groups excluding carboxylic acids is 1. The molecule has 0 radical (unpaired) electrons. The normalized spacial score (nSPS) is 28.0. The fourth-order valence-electron chi connectivity index (χ4n) is 8.43. The molecule has 11 N–H and O–H groups in total. The molecule has 2 aromatic rings. The first kappa shape index (κ1) is 64.7. The number of amides is 1. The van der Waals surface area contributed by atoms with Crippen molar-refractivity contribution in [2.45, 2.75) is 133 Å². The molecule has 0 bridgehead atoms. The molecule has 20 nitrogen and oxygen atoms in total. The minimum absolute atomic E-state index is 0.163. The number of ether oxygens (including phenoxy) is 3.